The van der Waals surface area contributed by atoms with Crippen LogP contribution in [0.4, 0.5) is 17.1 Å². The van der Waals surface area contributed by atoms with Crippen LogP contribution in [0.15, 0.2) is 79.1 Å². The molecule has 0 saturated carbocycles. The maximum absolute atomic E-state index is 13.2. The average molecular weight is 495 g/mol. The van der Waals surface area contributed by atoms with Gasteiger partial charge in [0.05, 0.1) is 16.2 Å². The van der Waals surface area contributed by atoms with Crippen LogP contribution in [-0.4, -0.2) is 26.9 Å². The maximum Gasteiger partial charge on any atom is 0.270 e. The number of aryl methyl sites for hydroxylation is 2. The zero-order chi connectivity index (χ0) is 25.9. The Kier molecular flexibility index (Phi) is 6.53. The first-order valence-electron chi connectivity index (χ1n) is 11.9. The fourth-order valence-electron chi connectivity index (χ4n) is 4.43. The van der Waals surface area contributed by atoms with Gasteiger partial charge in [0, 0.05) is 54.1 Å². The van der Waals surface area contributed by atoms with Crippen molar-refractivity contribution >= 4 is 34.2 Å². The Morgan fingerprint density at radius 2 is 1.86 bits per heavy atom. The fraction of sp³-hybridized carbons (Fsp3) is 0.143. The standard InChI is InChI=1S/C28H26N6O3/c1-33-16-15-30-27(33)20-8-10-21(11-9-20)31-26(19-6-4-18(5-7-19)3-2-14-29)25-23-17-22(34(36)37)12-13-24(23)32-28(25)35/h4-13,15-17,31H,2-3,14,29H2,1H3,(H,32,35). The predicted molar refractivity (Wildman–Crippen MR) is 145 cm³/mol. The van der Waals surface area contributed by atoms with Crippen molar-refractivity contribution in [2.45, 2.75) is 12.8 Å². The Balaban J connectivity index is 1.59. The number of carbonyl (C=O) groups excluding carboxylic acids is 1. The normalized spacial score (nSPS) is 13.7. The SMILES string of the molecule is Cn1ccnc1-c1ccc(NC(=C2C(=O)Nc3ccc([N+](=O)[O-])cc32)c2ccc(CCCN)cc2)cc1. The number of fused-ring (bicyclic) bond motifs is 1. The van der Waals surface area contributed by atoms with Crippen molar-refractivity contribution in [3.05, 3.63) is 106 Å². The molecule has 9 nitrogen and oxygen atoms in total. The first kappa shape index (κ1) is 24.0. The molecule has 5 rings (SSSR count). The van der Waals surface area contributed by atoms with Gasteiger partial charge in [0.2, 0.25) is 0 Å². The number of aromatic nitrogens is 2. The number of nitrogens with zero attached hydrogens (tertiary/aromatic N) is 3. The molecule has 0 aliphatic carbocycles. The number of imidazole rings is 1. The van der Waals surface area contributed by atoms with Gasteiger partial charge in [0.25, 0.3) is 11.6 Å². The molecule has 1 amide bonds. The third-order valence-corrected chi connectivity index (χ3v) is 6.35. The van der Waals surface area contributed by atoms with Crippen molar-refractivity contribution in [3.8, 4) is 11.4 Å². The number of anilines is 2. The lowest BCUT2D eigenvalue weighted by Crippen LogP contribution is -2.10. The number of amides is 1. The number of nitrogens with one attached hydrogen (secondary N) is 2. The lowest BCUT2D eigenvalue weighted by Gasteiger charge is -2.16. The second-order valence-electron chi connectivity index (χ2n) is 8.84. The summed E-state index contributed by atoms with van der Waals surface area (Å²) >= 11 is 0. The molecule has 37 heavy (non-hydrogen) atoms. The van der Waals surface area contributed by atoms with Crippen molar-refractivity contribution < 1.29 is 9.72 Å². The van der Waals surface area contributed by atoms with E-state index in [-0.39, 0.29) is 11.6 Å². The quantitative estimate of drug-likeness (QED) is 0.183. The smallest absolute Gasteiger partial charge is 0.270 e. The van der Waals surface area contributed by atoms with Crippen molar-refractivity contribution in [1.29, 1.82) is 0 Å². The van der Waals surface area contributed by atoms with E-state index in [1.165, 1.54) is 12.1 Å². The fourth-order valence-corrected chi connectivity index (χ4v) is 4.43. The molecule has 0 bridgehead atoms. The molecule has 9 heteroatoms. The first-order valence-corrected chi connectivity index (χ1v) is 11.9. The summed E-state index contributed by atoms with van der Waals surface area (Å²) in [6.07, 6.45) is 5.38. The van der Waals surface area contributed by atoms with Gasteiger partial charge in [-0.15, -0.1) is 0 Å². The van der Waals surface area contributed by atoms with Crippen molar-refractivity contribution in [3.63, 3.8) is 0 Å². The number of hydrogen-bond acceptors (Lipinski definition) is 6. The molecule has 0 spiro atoms. The van der Waals surface area contributed by atoms with E-state index < -0.39 is 4.92 Å². The molecule has 4 N–H and O–H groups in total. The van der Waals surface area contributed by atoms with Crippen LogP contribution in [0.1, 0.15) is 23.1 Å². The Hall–Kier alpha value is -4.76. The van der Waals surface area contributed by atoms with Crippen LogP contribution in [0.2, 0.25) is 0 Å². The summed E-state index contributed by atoms with van der Waals surface area (Å²) in [5.41, 5.74) is 11.2. The van der Waals surface area contributed by atoms with Gasteiger partial charge in [-0.05, 0) is 60.8 Å². The summed E-state index contributed by atoms with van der Waals surface area (Å²) < 4.78 is 1.94. The minimum Gasteiger partial charge on any atom is -0.354 e. The largest absolute Gasteiger partial charge is 0.354 e. The van der Waals surface area contributed by atoms with E-state index in [1.807, 2.05) is 66.3 Å². The molecule has 3 aromatic carbocycles. The minimum atomic E-state index is -0.462. The molecule has 1 aliphatic rings. The molecule has 4 aromatic rings. The van der Waals surface area contributed by atoms with Crippen LogP contribution in [0.25, 0.3) is 22.7 Å². The number of non-ortho nitro benzene ring substituents is 1. The average Bonchev–Trinajstić information content (AvgIpc) is 3.48. The van der Waals surface area contributed by atoms with Gasteiger partial charge in [0.1, 0.15) is 5.82 Å². The molecule has 0 radical (unpaired) electrons. The summed E-state index contributed by atoms with van der Waals surface area (Å²) in [5, 5.41) is 17.7. The Labute approximate surface area is 213 Å². The summed E-state index contributed by atoms with van der Waals surface area (Å²) in [5.74, 6) is 0.518. The highest BCUT2D eigenvalue weighted by atomic mass is 16.6. The Bertz CT molecular complexity index is 1500. The third-order valence-electron chi connectivity index (χ3n) is 6.35. The number of hydrogen-bond donors (Lipinski definition) is 3. The number of benzene rings is 3. The second kappa shape index (κ2) is 10.1. The molecule has 1 aliphatic heterocycles. The van der Waals surface area contributed by atoms with Crippen LogP contribution in [0.5, 0.6) is 0 Å². The third kappa shape index (κ3) is 4.85. The number of nitrogens with two attached hydrogens (primary N) is 1. The minimum absolute atomic E-state index is 0.0800. The molecular formula is C28H26N6O3. The van der Waals surface area contributed by atoms with Gasteiger partial charge in [-0.25, -0.2) is 4.98 Å². The Morgan fingerprint density at radius 3 is 2.51 bits per heavy atom. The number of carbonyl (C=O) groups is 1. The zero-order valence-corrected chi connectivity index (χ0v) is 20.3. The molecular weight excluding hydrogens is 468 g/mol. The molecule has 0 saturated heterocycles. The van der Waals surface area contributed by atoms with Crippen molar-refractivity contribution in [1.82, 2.24) is 9.55 Å². The second-order valence-corrected chi connectivity index (χ2v) is 8.84. The summed E-state index contributed by atoms with van der Waals surface area (Å²) in [4.78, 5) is 28.5. The molecule has 2 heterocycles. The van der Waals surface area contributed by atoms with E-state index in [2.05, 4.69) is 15.6 Å². The molecule has 0 atom stereocenters. The maximum atomic E-state index is 13.2. The van der Waals surface area contributed by atoms with E-state index in [1.54, 1.807) is 12.3 Å². The van der Waals surface area contributed by atoms with Crippen LogP contribution < -0.4 is 16.4 Å². The Morgan fingerprint density at radius 1 is 1.11 bits per heavy atom. The van der Waals surface area contributed by atoms with E-state index in [0.717, 1.165) is 41.0 Å². The number of nitro benzene ring substituents is 1. The first-order chi connectivity index (χ1) is 17.9. The van der Waals surface area contributed by atoms with Gasteiger partial charge in [-0.3, -0.25) is 14.9 Å². The van der Waals surface area contributed by atoms with Gasteiger partial charge in [0.15, 0.2) is 0 Å². The van der Waals surface area contributed by atoms with Crippen LogP contribution in [-0.2, 0) is 18.3 Å². The summed E-state index contributed by atoms with van der Waals surface area (Å²) in [6, 6.07) is 20.1. The van der Waals surface area contributed by atoms with Crippen LogP contribution in [0.3, 0.4) is 0 Å². The molecule has 0 unspecified atom stereocenters. The van der Waals surface area contributed by atoms with Crippen LogP contribution >= 0.6 is 0 Å². The van der Waals surface area contributed by atoms with Crippen molar-refractivity contribution in [2.75, 3.05) is 17.2 Å². The highest BCUT2D eigenvalue weighted by Gasteiger charge is 2.30. The highest BCUT2D eigenvalue weighted by Crippen LogP contribution is 2.39. The van der Waals surface area contributed by atoms with Gasteiger partial charge < -0.3 is 20.9 Å². The van der Waals surface area contributed by atoms with E-state index >= 15 is 0 Å². The van der Waals surface area contributed by atoms with Gasteiger partial charge in [-0.1, -0.05) is 24.3 Å². The van der Waals surface area contributed by atoms with Gasteiger partial charge >= 0.3 is 0 Å². The lowest BCUT2D eigenvalue weighted by atomic mass is 9.98. The van der Waals surface area contributed by atoms with E-state index in [9.17, 15) is 14.9 Å². The number of rotatable bonds is 8. The van der Waals surface area contributed by atoms with E-state index in [4.69, 9.17) is 5.73 Å². The monoisotopic (exact) mass is 494 g/mol. The number of nitro groups is 1. The zero-order valence-electron chi connectivity index (χ0n) is 20.3. The topological polar surface area (TPSA) is 128 Å². The molecule has 1 aromatic heterocycles. The van der Waals surface area contributed by atoms with Gasteiger partial charge in [-0.2, -0.15) is 0 Å². The molecule has 0 fully saturated rings. The van der Waals surface area contributed by atoms with E-state index in [0.29, 0.717) is 29.1 Å². The predicted octanol–water partition coefficient (Wildman–Crippen LogP) is 4.82. The van der Waals surface area contributed by atoms with Crippen LogP contribution in [0, 0.1) is 10.1 Å². The summed E-state index contributed by atoms with van der Waals surface area (Å²) in [7, 11) is 1.93. The lowest BCUT2D eigenvalue weighted by molar-refractivity contribution is -0.384. The summed E-state index contributed by atoms with van der Waals surface area (Å²) in [6.45, 7) is 0.614. The van der Waals surface area contributed by atoms with Crippen molar-refractivity contribution in [2.24, 2.45) is 12.8 Å². The highest BCUT2D eigenvalue weighted by molar-refractivity contribution is 6.37. The molecule has 186 valence electrons.